The Balaban J connectivity index is 1.86. The zero-order valence-electron chi connectivity index (χ0n) is 17.1. The molecule has 0 aliphatic heterocycles. The van der Waals surface area contributed by atoms with Gasteiger partial charge in [0.2, 0.25) is 0 Å². The van der Waals surface area contributed by atoms with Crippen LogP contribution < -0.4 is 25.8 Å². The van der Waals surface area contributed by atoms with Crippen molar-refractivity contribution in [3.8, 4) is 11.5 Å². The molecule has 0 radical (unpaired) electrons. The molecule has 5 N–H and O–H groups in total. The fraction of sp³-hybridized carbons (Fsp3) is 0.0870. The molecule has 31 heavy (non-hydrogen) atoms. The van der Waals surface area contributed by atoms with Crippen LogP contribution in [0.25, 0.3) is 0 Å². The van der Waals surface area contributed by atoms with Crippen molar-refractivity contribution in [2.45, 2.75) is 0 Å². The smallest absolute Gasteiger partial charge is 0.255 e. The molecule has 2 amide bonds. The number of nitrogens with one attached hydrogen (secondary N) is 3. The lowest BCUT2D eigenvalue weighted by Gasteiger charge is -2.14. The minimum Gasteiger partial charge on any atom is -0.497 e. The fourth-order valence-electron chi connectivity index (χ4n) is 2.80. The van der Waals surface area contributed by atoms with E-state index >= 15 is 0 Å². The van der Waals surface area contributed by atoms with Gasteiger partial charge in [0, 0.05) is 16.7 Å². The lowest BCUT2D eigenvalue weighted by molar-refractivity contribution is 0.101. The van der Waals surface area contributed by atoms with Gasteiger partial charge in [-0.05, 0) is 66.7 Å². The maximum absolute atomic E-state index is 12.7. The van der Waals surface area contributed by atoms with Crippen LogP contribution in [0.3, 0.4) is 0 Å². The number of amides is 2. The molecule has 3 aromatic rings. The van der Waals surface area contributed by atoms with E-state index < -0.39 is 0 Å². The monoisotopic (exact) mass is 418 g/mol. The summed E-state index contributed by atoms with van der Waals surface area (Å²) in [5, 5.41) is 13.2. The van der Waals surface area contributed by atoms with E-state index in [-0.39, 0.29) is 17.6 Å². The number of anilines is 2. The van der Waals surface area contributed by atoms with Crippen molar-refractivity contribution in [2.75, 3.05) is 24.9 Å². The van der Waals surface area contributed by atoms with E-state index in [9.17, 15) is 9.59 Å². The summed E-state index contributed by atoms with van der Waals surface area (Å²) in [7, 11) is 3.09. The van der Waals surface area contributed by atoms with Gasteiger partial charge >= 0.3 is 0 Å². The SMILES string of the molecule is COc1ccc(C(=O)Nc2ccc(C(=N)N)cc2NC(=O)c2ccc(OC)cc2)cc1. The standard InChI is InChI=1S/C23H22N4O4/c1-30-17-8-3-14(4-9-17)22(28)26-19-12-7-16(21(24)25)13-20(19)27-23(29)15-5-10-18(31-2)11-6-15/h3-13H,1-2H3,(H3,24,25)(H,26,28)(H,27,29). The number of nitrogen functional groups attached to an aromatic ring is 1. The Hall–Kier alpha value is -4.33. The van der Waals surface area contributed by atoms with E-state index in [4.69, 9.17) is 20.6 Å². The highest BCUT2D eigenvalue weighted by Gasteiger charge is 2.14. The lowest BCUT2D eigenvalue weighted by Crippen LogP contribution is -2.18. The van der Waals surface area contributed by atoms with Gasteiger partial charge in [0.05, 0.1) is 25.6 Å². The Morgan fingerprint density at radius 3 is 1.55 bits per heavy atom. The number of amidine groups is 1. The number of methoxy groups -OCH3 is 2. The number of ether oxygens (including phenoxy) is 2. The summed E-state index contributed by atoms with van der Waals surface area (Å²) in [6.07, 6.45) is 0. The molecular formula is C23H22N4O4. The minimum absolute atomic E-state index is 0.159. The zero-order valence-corrected chi connectivity index (χ0v) is 17.1. The second kappa shape index (κ2) is 9.45. The highest BCUT2D eigenvalue weighted by Crippen LogP contribution is 2.25. The lowest BCUT2D eigenvalue weighted by atomic mass is 10.1. The molecule has 0 bridgehead atoms. The quantitative estimate of drug-likeness (QED) is 0.345. The normalized spacial score (nSPS) is 10.1. The summed E-state index contributed by atoms with van der Waals surface area (Å²) in [6.45, 7) is 0. The molecule has 0 saturated carbocycles. The van der Waals surface area contributed by atoms with Gasteiger partial charge < -0.3 is 25.8 Å². The highest BCUT2D eigenvalue weighted by molar-refractivity contribution is 6.11. The minimum atomic E-state index is -0.386. The maximum atomic E-state index is 12.7. The highest BCUT2D eigenvalue weighted by atomic mass is 16.5. The summed E-state index contributed by atoms with van der Waals surface area (Å²) in [6, 6.07) is 17.9. The van der Waals surface area contributed by atoms with Crippen molar-refractivity contribution in [3.63, 3.8) is 0 Å². The van der Waals surface area contributed by atoms with Crippen molar-refractivity contribution in [2.24, 2.45) is 5.73 Å². The fourth-order valence-corrected chi connectivity index (χ4v) is 2.80. The predicted molar refractivity (Wildman–Crippen MR) is 119 cm³/mol. The number of carbonyl (C=O) groups excluding carboxylic acids is 2. The second-order valence-electron chi connectivity index (χ2n) is 6.54. The van der Waals surface area contributed by atoms with Crippen LogP contribution in [0, 0.1) is 5.41 Å². The number of hydrogen-bond acceptors (Lipinski definition) is 5. The van der Waals surface area contributed by atoms with Crippen molar-refractivity contribution in [3.05, 3.63) is 83.4 Å². The second-order valence-corrected chi connectivity index (χ2v) is 6.54. The van der Waals surface area contributed by atoms with Gasteiger partial charge in [0.15, 0.2) is 0 Å². The third-order valence-corrected chi connectivity index (χ3v) is 4.53. The van der Waals surface area contributed by atoms with Gasteiger partial charge in [-0.15, -0.1) is 0 Å². The summed E-state index contributed by atoms with van der Waals surface area (Å²) in [5.74, 6) is 0.354. The van der Waals surface area contributed by atoms with Crippen LogP contribution in [0.4, 0.5) is 11.4 Å². The van der Waals surface area contributed by atoms with Crippen LogP contribution in [-0.2, 0) is 0 Å². The van der Waals surface area contributed by atoms with Crippen LogP contribution in [-0.4, -0.2) is 31.9 Å². The van der Waals surface area contributed by atoms with Gasteiger partial charge in [-0.3, -0.25) is 15.0 Å². The molecule has 0 saturated heterocycles. The van der Waals surface area contributed by atoms with Crippen molar-refractivity contribution >= 4 is 29.0 Å². The van der Waals surface area contributed by atoms with Gasteiger partial charge in [0.1, 0.15) is 17.3 Å². The van der Waals surface area contributed by atoms with Crippen LogP contribution >= 0.6 is 0 Å². The Kier molecular flexibility index (Phi) is 6.51. The van der Waals surface area contributed by atoms with Crippen LogP contribution in [0.1, 0.15) is 26.3 Å². The largest absolute Gasteiger partial charge is 0.497 e. The molecule has 8 heteroatoms. The third kappa shape index (κ3) is 5.18. The molecule has 0 aliphatic rings. The molecule has 0 aromatic heterocycles. The Morgan fingerprint density at radius 1 is 0.710 bits per heavy atom. The number of benzene rings is 3. The molecule has 158 valence electrons. The van der Waals surface area contributed by atoms with Crippen LogP contribution in [0.2, 0.25) is 0 Å². The van der Waals surface area contributed by atoms with Gasteiger partial charge in [-0.1, -0.05) is 0 Å². The Labute approximate surface area is 179 Å². The molecule has 3 aromatic carbocycles. The number of rotatable bonds is 7. The molecule has 0 heterocycles. The summed E-state index contributed by atoms with van der Waals surface area (Å²) >= 11 is 0. The maximum Gasteiger partial charge on any atom is 0.255 e. The molecule has 3 rings (SSSR count). The first kappa shape index (κ1) is 21.4. The van der Waals surface area contributed by atoms with E-state index in [0.717, 1.165) is 0 Å². The molecule has 0 atom stereocenters. The van der Waals surface area contributed by atoms with E-state index in [2.05, 4.69) is 10.6 Å². The Bertz CT molecular complexity index is 1110. The van der Waals surface area contributed by atoms with E-state index in [0.29, 0.717) is 39.6 Å². The summed E-state index contributed by atoms with van der Waals surface area (Å²) in [4.78, 5) is 25.4. The van der Waals surface area contributed by atoms with Gasteiger partial charge in [0.25, 0.3) is 11.8 Å². The Morgan fingerprint density at radius 2 is 1.13 bits per heavy atom. The summed E-state index contributed by atoms with van der Waals surface area (Å²) in [5.41, 5.74) is 7.50. The predicted octanol–water partition coefficient (Wildman–Crippen LogP) is 3.49. The van der Waals surface area contributed by atoms with Gasteiger partial charge in [-0.2, -0.15) is 0 Å². The van der Waals surface area contributed by atoms with E-state index in [1.165, 1.54) is 6.07 Å². The number of hydrogen-bond donors (Lipinski definition) is 4. The number of carbonyl (C=O) groups is 2. The van der Waals surface area contributed by atoms with Crippen molar-refractivity contribution in [1.82, 2.24) is 0 Å². The average molecular weight is 418 g/mol. The molecule has 8 nitrogen and oxygen atoms in total. The molecule has 0 spiro atoms. The molecule has 0 aliphatic carbocycles. The summed E-state index contributed by atoms with van der Waals surface area (Å²) < 4.78 is 10.2. The molecule has 0 fully saturated rings. The van der Waals surface area contributed by atoms with Gasteiger partial charge in [-0.25, -0.2) is 0 Å². The van der Waals surface area contributed by atoms with Crippen molar-refractivity contribution in [1.29, 1.82) is 5.41 Å². The van der Waals surface area contributed by atoms with E-state index in [1.54, 1.807) is 74.9 Å². The van der Waals surface area contributed by atoms with Crippen LogP contribution in [0.15, 0.2) is 66.7 Å². The third-order valence-electron chi connectivity index (χ3n) is 4.53. The van der Waals surface area contributed by atoms with Crippen LogP contribution in [0.5, 0.6) is 11.5 Å². The first-order chi connectivity index (χ1) is 14.9. The first-order valence-corrected chi connectivity index (χ1v) is 9.30. The zero-order chi connectivity index (χ0) is 22.4. The van der Waals surface area contributed by atoms with E-state index in [1.807, 2.05) is 0 Å². The number of nitrogens with two attached hydrogens (primary N) is 1. The van der Waals surface area contributed by atoms with Crippen molar-refractivity contribution < 1.29 is 19.1 Å². The molecular weight excluding hydrogens is 396 g/mol. The topological polar surface area (TPSA) is 127 Å². The molecule has 0 unspecified atom stereocenters. The first-order valence-electron chi connectivity index (χ1n) is 9.30. The average Bonchev–Trinajstić information content (AvgIpc) is 2.80.